The van der Waals surface area contributed by atoms with E-state index in [2.05, 4.69) is 107 Å². The summed E-state index contributed by atoms with van der Waals surface area (Å²) < 4.78 is 0. The Balaban J connectivity index is 1.80. The summed E-state index contributed by atoms with van der Waals surface area (Å²) in [5.41, 5.74) is 5.27. The third kappa shape index (κ3) is 11.1. The number of ketones is 2. The first-order valence-corrected chi connectivity index (χ1v) is 16.8. The van der Waals surface area contributed by atoms with Gasteiger partial charge in [-0.1, -0.05) is 120 Å². The van der Waals surface area contributed by atoms with Crippen LogP contribution in [0.15, 0.2) is 24.3 Å². The summed E-state index contributed by atoms with van der Waals surface area (Å²) >= 11 is 0. The highest BCUT2D eigenvalue weighted by molar-refractivity contribution is 5.79. The molecule has 2 aromatic rings. The molecule has 0 unspecified atom stereocenters. The average molecular weight is 607 g/mol. The predicted molar refractivity (Wildman–Crippen MR) is 185 cm³/mol. The fourth-order valence-electron chi connectivity index (χ4n) is 5.78. The molecule has 0 spiro atoms. The Morgan fingerprint density at radius 2 is 0.705 bits per heavy atom. The van der Waals surface area contributed by atoms with E-state index in [0.29, 0.717) is 50.0 Å². The summed E-state index contributed by atoms with van der Waals surface area (Å²) in [5.74, 6) is 1.32. The van der Waals surface area contributed by atoms with Crippen LogP contribution in [0.3, 0.4) is 0 Å². The van der Waals surface area contributed by atoms with Crippen LogP contribution in [0, 0.1) is 0 Å². The van der Waals surface area contributed by atoms with Gasteiger partial charge in [0, 0.05) is 25.7 Å². The molecule has 0 saturated carbocycles. The Morgan fingerprint density at radius 1 is 0.455 bits per heavy atom. The maximum absolute atomic E-state index is 12.7. The van der Waals surface area contributed by atoms with Crippen molar-refractivity contribution in [2.75, 3.05) is 0 Å². The van der Waals surface area contributed by atoms with Crippen molar-refractivity contribution in [3.8, 4) is 11.5 Å². The van der Waals surface area contributed by atoms with Gasteiger partial charge in [-0.3, -0.25) is 9.59 Å². The molecule has 0 bridgehead atoms. The second-order valence-electron chi connectivity index (χ2n) is 17.1. The van der Waals surface area contributed by atoms with Crippen molar-refractivity contribution in [2.24, 2.45) is 0 Å². The monoisotopic (exact) mass is 606 g/mol. The van der Waals surface area contributed by atoms with Crippen LogP contribution in [0.25, 0.3) is 0 Å². The van der Waals surface area contributed by atoms with Crippen molar-refractivity contribution in [1.82, 2.24) is 0 Å². The lowest BCUT2D eigenvalue weighted by molar-refractivity contribution is -0.120. The molecule has 4 nitrogen and oxygen atoms in total. The summed E-state index contributed by atoms with van der Waals surface area (Å²) in [6.45, 7) is 25.3. The van der Waals surface area contributed by atoms with Gasteiger partial charge >= 0.3 is 0 Å². The van der Waals surface area contributed by atoms with Crippen LogP contribution < -0.4 is 0 Å². The number of phenols is 2. The number of benzene rings is 2. The van der Waals surface area contributed by atoms with Gasteiger partial charge in [-0.2, -0.15) is 0 Å². The Bertz CT molecular complexity index is 1120. The number of carbonyl (C=O) groups excluding carboxylic acids is 2. The maximum Gasteiger partial charge on any atom is 0.133 e. The number of Topliss-reactive ketones (excluding diaryl/α,β-unsaturated/α-hetero) is 2. The molecule has 4 heteroatoms. The topological polar surface area (TPSA) is 74.6 Å². The smallest absolute Gasteiger partial charge is 0.133 e. The first-order valence-electron chi connectivity index (χ1n) is 16.8. The van der Waals surface area contributed by atoms with Gasteiger partial charge in [0.2, 0.25) is 0 Å². The van der Waals surface area contributed by atoms with Crippen molar-refractivity contribution < 1.29 is 19.8 Å². The van der Waals surface area contributed by atoms with Gasteiger partial charge in [0.15, 0.2) is 0 Å². The minimum atomic E-state index is -0.178. The molecule has 0 saturated heterocycles. The van der Waals surface area contributed by atoms with E-state index in [4.69, 9.17) is 0 Å². The molecule has 0 atom stereocenters. The quantitative estimate of drug-likeness (QED) is 0.222. The fraction of sp³-hybridized carbons (Fsp3) is 0.650. The van der Waals surface area contributed by atoms with Crippen LogP contribution in [-0.2, 0) is 44.1 Å². The van der Waals surface area contributed by atoms with Crippen LogP contribution in [0.4, 0.5) is 0 Å². The Kier molecular flexibility index (Phi) is 12.5. The summed E-state index contributed by atoms with van der Waals surface area (Å²) in [5, 5.41) is 21.9. The number of hydrogen-bond donors (Lipinski definition) is 2. The SMILES string of the molecule is CC(C)(C)c1cc(CCC(=O)CCCCCCC(=O)CCc2cc(C(C)(C)C)c(O)c(C(C)(C)C)c2)cc(C(C)(C)C)c1O. The maximum atomic E-state index is 12.7. The van der Waals surface area contributed by atoms with Gasteiger partial charge < -0.3 is 10.2 Å². The minimum absolute atomic E-state index is 0.178. The zero-order valence-corrected chi connectivity index (χ0v) is 30.1. The molecule has 0 heterocycles. The van der Waals surface area contributed by atoms with Crippen molar-refractivity contribution >= 4 is 11.6 Å². The number of aryl methyl sites for hydroxylation is 2. The van der Waals surface area contributed by atoms with Gasteiger partial charge in [0.1, 0.15) is 23.1 Å². The molecule has 0 radical (unpaired) electrons. The Morgan fingerprint density at radius 3 is 0.932 bits per heavy atom. The van der Waals surface area contributed by atoms with Gasteiger partial charge in [-0.25, -0.2) is 0 Å². The zero-order chi connectivity index (χ0) is 33.7. The second-order valence-corrected chi connectivity index (χ2v) is 17.1. The van der Waals surface area contributed by atoms with Crippen LogP contribution >= 0.6 is 0 Å². The first-order chi connectivity index (χ1) is 20.0. The van der Waals surface area contributed by atoms with Crippen molar-refractivity contribution in [1.29, 1.82) is 0 Å². The molecule has 44 heavy (non-hydrogen) atoms. The van der Waals surface area contributed by atoms with E-state index in [1.807, 2.05) is 0 Å². The summed E-state index contributed by atoms with van der Waals surface area (Å²) in [6.07, 6.45) is 7.22. The van der Waals surface area contributed by atoms with Crippen LogP contribution in [0.5, 0.6) is 11.5 Å². The molecule has 0 aromatic heterocycles. The minimum Gasteiger partial charge on any atom is -0.507 e. The van der Waals surface area contributed by atoms with Crippen LogP contribution in [0.1, 0.15) is 168 Å². The first kappa shape index (κ1) is 37.6. The van der Waals surface area contributed by atoms with E-state index >= 15 is 0 Å². The Hall–Kier alpha value is -2.62. The van der Waals surface area contributed by atoms with Gasteiger partial charge in [0.25, 0.3) is 0 Å². The standard InChI is InChI=1S/C40H62O4/c1-37(2,3)31-23-27(24-32(35(31)43)38(4,5)6)19-21-29(41)17-15-13-14-16-18-30(42)22-20-28-25-33(39(7,8)9)36(44)34(26-28)40(10,11)12/h23-26,43-44H,13-22H2,1-12H3. The second kappa shape index (κ2) is 14.6. The van der Waals surface area contributed by atoms with Crippen LogP contribution in [-0.4, -0.2) is 21.8 Å². The summed E-state index contributed by atoms with van der Waals surface area (Å²) in [4.78, 5) is 25.4. The van der Waals surface area contributed by atoms with Gasteiger partial charge in [-0.15, -0.1) is 0 Å². The van der Waals surface area contributed by atoms with E-state index in [0.717, 1.165) is 59.1 Å². The van der Waals surface area contributed by atoms with Crippen molar-refractivity contribution in [3.63, 3.8) is 0 Å². The fourth-order valence-corrected chi connectivity index (χ4v) is 5.78. The van der Waals surface area contributed by atoms with Crippen molar-refractivity contribution in [3.05, 3.63) is 57.6 Å². The molecule has 2 aromatic carbocycles. The average Bonchev–Trinajstić information content (AvgIpc) is 2.86. The summed E-state index contributed by atoms with van der Waals surface area (Å²) in [6, 6.07) is 8.29. The highest BCUT2D eigenvalue weighted by Crippen LogP contribution is 2.41. The normalized spacial score (nSPS) is 12.9. The zero-order valence-electron chi connectivity index (χ0n) is 30.1. The van der Waals surface area contributed by atoms with Gasteiger partial charge in [-0.05, 0) is 80.7 Å². The lowest BCUT2D eigenvalue weighted by atomic mass is 9.78. The molecule has 2 rings (SSSR count). The van der Waals surface area contributed by atoms with Crippen LogP contribution in [0.2, 0.25) is 0 Å². The van der Waals surface area contributed by atoms with Crippen molar-refractivity contribution in [2.45, 2.75) is 169 Å². The van der Waals surface area contributed by atoms with E-state index < -0.39 is 0 Å². The van der Waals surface area contributed by atoms with E-state index in [-0.39, 0.29) is 33.2 Å². The van der Waals surface area contributed by atoms with E-state index in [1.165, 1.54) is 0 Å². The molecular formula is C40H62O4. The molecular weight excluding hydrogens is 544 g/mol. The number of rotatable bonds is 13. The third-order valence-corrected chi connectivity index (χ3v) is 8.62. The highest BCUT2D eigenvalue weighted by atomic mass is 16.3. The number of phenolic OH excluding ortho intramolecular Hbond substituents is 2. The molecule has 0 aliphatic carbocycles. The van der Waals surface area contributed by atoms with E-state index in [1.54, 1.807) is 0 Å². The molecule has 2 N–H and O–H groups in total. The third-order valence-electron chi connectivity index (χ3n) is 8.62. The van der Waals surface area contributed by atoms with Gasteiger partial charge in [0.05, 0.1) is 0 Å². The largest absolute Gasteiger partial charge is 0.507 e. The lowest BCUT2D eigenvalue weighted by Gasteiger charge is -2.28. The highest BCUT2D eigenvalue weighted by Gasteiger charge is 2.28. The Labute approximate surface area is 269 Å². The predicted octanol–water partition coefficient (Wildman–Crippen LogP) is 10.3. The number of unbranched alkanes of at least 4 members (excludes halogenated alkanes) is 3. The summed E-state index contributed by atoms with van der Waals surface area (Å²) in [7, 11) is 0. The number of aromatic hydroxyl groups is 2. The molecule has 0 amide bonds. The molecule has 0 fully saturated rings. The number of carbonyl (C=O) groups is 2. The lowest BCUT2D eigenvalue weighted by Crippen LogP contribution is -2.18. The molecule has 0 aliphatic heterocycles. The molecule has 246 valence electrons. The van der Waals surface area contributed by atoms with E-state index in [9.17, 15) is 19.8 Å². The number of hydrogen-bond acceptors (Lipinski definition) is 4. The molecule has 0 aliphatic rings.